The second-order valence-corrected chi connectivity index (χ2v) is 9.16. The normalized spacial score (nSPS) is 13.9. The van der Waals surface area contributed by atoms with E-state index in [1.807, 2.05) is 0 Å². The predicted octanol–water partition coefficient (Wildman–Crippen LogP) is 4.87. The molecule has 0 unspecified atom stereocenters. The van der Waals surface area contributed by atoms with Crippen molar-refractivity contribution in [2.75, 3.05) is 26.1 Å². The van der Waals surface area contributed by atoms with Crippen molar-refractivity contribution >= 4 is 46.3 Å². The number of nitro groups is 1. The molecule has 11 nitrogen and oxygen atoms in total. The average molecular weight is 550 g/mol. The van der Waals surface area contributed by atoms with Gasteiger partial charge in [-0.05, 0) is 65.4 Å². The van der Waals surface area contributed by atoms with Gasteiger partial charge in [-0.3, -0.25) is 29.4 Å². The first-order valence-corrected chi connectivity index (χ1v) is 12.3. The summed E-state index contributed by atoms with van der Waals surface area (Å²) in [5.74, 6) is 0.287. The van der Waals surface area contributed by atoms with Crippen molar-refractivity contribution in [2.24, 2.45) is 0 Å². The Hall–Kier alpha value is -4.84. The Labute approximate surface area is 227 Å². The molecule has 3 aromatic carbocycles. The van der Waals surface area contributed by atoms with E-state index in [2.05, 4.69) is 5.32 Å². The lowest BCUT2D eigenvalue weighted by atomic mass is 10.1. The number of nitrogens with one attached hydrogen (secondary N) is 1. The fourth-order valence-corrected chi connectivity index (χ4v) is 4.46. The van der Waals surface area contributed by atoms with Gasteiger partial charge in [0.1, 0.15) is 18.9 Å². The van der Waals surface area contributed by atoms with Crippen LogP contribution in [0.5, 0.6) is 17.2 Å². The van der Waals surface area contributed by atoms with E-state index in [4.69, 9.17) is 14.2 Å². The number of thioether (sulfide) groups is 1. The summed E-state index contributed by atoms with van der Waals surface area (Å²) in [6, 6.07) is 17.7. The molecular weight excluding hydrogens is 526 g/mol. The molecule has 200 valence electrons. The third-order valence-corrected chi connectivity index (χ3v) is 6.46. The molecule has 1 N–H and O–H groups in total. The van der Waals surface area contributed by atoms with E-state index < -0.39 is 28.5 Å². The summed E-state index contributed by atoms with van der Waals surface area (Å²) in [5.41, 5.74) is 1.65. The van der Waals surface area contributed by atoms with Gasteiger partial charge < -0.3 is 19.5 Å². The molecule has 39 heavy (non-hydrogen) atoms. The maximum absolute atomic E-state index is 12.9. The quantitative estimate of drug-likeness (QED) is 0.213. The van der Waals surface area contributed by atoms with Crippen LogP contribution < -0.4 is 19.5 Å². The summed E-state index contributed by atoms with van der Waals surface area (Å²) in [5, 5.41) is 13.1. The Kier molecular flexibility index (Phi) is 8.46. The number of hydrogen-bond acceptors (Lipinski definition) is 9. The number of benzene rings is 3. The number of imide groups is 1. The van der Waals surface area contributed by atoms with Crippen LogP contribution in [0.25, 0.3) is 6.08 Å². The Bertz CT molecular complexity index is 1460. The van der Waals surface area contributed by atoms with E-state index >= 15 is 0 Å². The lowest BCUT2D eigenvalue weighted by Crippen LogP contribution is -2.36. The van der Waals surface area contributed by atoms with Crippen LogP contribution in [0, 0.1) is 10.1 Å². The molecule has 0 bridgehead atoms. The molecule has 0 aliphatic carbocycles. The molecule has 4 rings (SSSR count). The van der Waals surface area contributed by atoms with Crippen LogP contribution in [-0.4, -0.2) is 47.6 Å². The Morgan fingerprint density at radius 1 is 1.03 bits per heavy atom. The monoisotopic (exact) mass is 549 g/mol. The van der Waals surface area contributed by atoms with Crippen LogP contribution in [0.2, 0.25) is 0 Å². The number of ether oxygens (including phenoxy) is 3. The van der Waals surface area contributed by atoms with Crippen molar-refractivity contribution in [1.29, 1.82) is 0 Å². The van der Waals surface area contributed by atoms with Gasteiger partial charge in [-0.1, -0.05) is 18.2 Å². The van der Waals surface area contributed by atoms with Crippen molar-refractivity contribution in [3.63, 3.8) is 0 Å². The SMILES string of the molecule is COc1ccc(NC(=O)CN2C(=O)S/C(=C/c3ccc(OCc4cccc([N+](=O)[O-])c4)c(OC)c3)C2=O)cc1. The van der Waals surface area contributed by atoms with Crippen molar-refractivity contribution in [3.05, 3.63) is 92.9 Å². The van der Waals surface area contributed by atoms with Crippen LogP contribution >= 0.6 is 11.8 Å². The van der Waals surface area contributed by atoms with E-state index in [0.717, 1.165) is 16.7 Å². The van der Waals surface area contributed by atoms with Crippen LogP contribution in [0.4, 0.5) is 16.2 Å². The summed E-state index contributed by atoms with van der Waals surface area (Å²) in [6.07, 6.45) is 1.53. The Balaban J connectivity index is 1.41. The number of carbonyl (C=O) groups excluding carboxylic acids is 3. The van der Waals surface area contributed by atoms with E-state index in [0.29, 0.717) is 34.1 Å². The lowest BCUT2D eigenvalue weighted by molar-refractivity contribution is -0.384. The van der Waals surface area contributed by atoms with Gasteiger partial charge in [-0.25, -0.2) is 0 Å². The number of amides is 3. The maximum Gasteiger partial charge on any atom is 0.294 e. The zero-order valence-electron chi connectivity index (χ0n) is 20.9. The number of anilines is 1. The van der Waals surface area contributed by atoms with Gasteiger partial charge in [0.2, 0.25) is 5.91 Å². The average Bonchev–Trinajstić information content (AvgIpc) is 3.19. The molecule has 0 radical (unpaired) electrons. The zero-order chi connectivity index (χ0) is 27.9. The minimum absolute atomic E-state index is 0.0365. The predicted molar refractivity (Wildman–Crippen MR) is 145 cm³/mol. The fourth-order valence-electron chi connectivity index (χ4n) is 3.62. The van der Waals surface area contributed by atoms with Gasteiger partial charge >= 0.3 is 0 Å². The molecule has 1 aliphatic heterocycles. The number of methoxy groups -OCH3 is 2. The van der Waals surface area contributed by atoms with Gasteiger partial charge in [0.15, 0.2) is 11.5 Å². The molecule has 3 aromatic rings. The maximum atomic E-state index is 12.9. The van der Waals surface area contributed by atoms with Crippen LogP contribution in [-0.2, 0) is 16.2 Å². The van der Waals surface area contributed by atoms with E-state index in [1.165, 1.54) is 32.4 Å². The molecule has 0 aromatic heterocycles. The summed E-state index contributed by atoms with van der Waals surface area (Å²) in [7, 11) is 2.98. The highest BCUT2D eigenvalue weighted by molar-refractivity contribution is 8.18. The van der Waals surface area contributed by atoms with Gasteiger partial charge in [-0.2, -0.15) is 0 Å². The van der Waals surface area contributed by atoms with Gasteiger partial charge in [0.05, 0.1) is 24.0 Å². The van der Waals surface area contributed by atoms with Gasteiger partial charge in [0, 0.05) is 17.8 Å². The topological polar surface area (TPSA) is 137 Å². The lowest BCUT2D eigenvalue weighted by Gasteiger charge is -2.13. The highest BCUT2D eigenvalue weighted by atomic mass is 32.2. The molecule has 1 aliphatic rings. The second kappa shape index (κ2) is 12.1. The number of nitrogens with zero attached hydrogens (tertiary/aromatic N) is 2. The largest absolute Gasteiger partial charge is 0.497 e. The number of rotatable bonds is 10. The van der Waals surface area contributed by atoms with Crippen molar-refractivity contribution in [2.45, 2.75) is 6.61 Å². The van der Waals surface area contributed by atoms with Gasteiger partial charge in [-0.15, -0.1) is 0 Å². The summed E-state index contributed by atoms with van der Waals surface area (Å²) >= 11 is 0.734. The number of carbonyl (C=O) groups is 3. The van der Waals surface area contributed by atoms with E-state index in [1.54, 1.807) is 54.6 Å². The highest BCUT2D eigenvalue weighted by Crippen LogP contribution is 2.35. The molecule has 3 amide bonds. The minimum Gasteiger partial charge on any atom is -0.497 e. The van der Waals surface area contributed by atoms with Crippen LogP contribution in [0.3, 0.4) is 0 Å². The van der Waals surface area contributed by atoms with E-state index in [-0.39, 0.29) is 17.2 Å². The van der Waals surface area contributed by atoms with Crippen LogP contribution in [0.1, 0.15) is 11.1 Å². The standard InChI is InChI=1S/C27H23N3O8S/c1-36-21-9-7-19(8-10-21)28-25(31)15-29-26(32)24(39-27(29)33)14-17-6-11-22(23(13-17)37-2)38-16-18-4-3-5-20(12-18)30(34)35/h3-14H,15-16H2,1-2H3,(H,28,31)/b24-14+. The van der Waals surface area contributed by atoms with E-state index in [9.17, 15) is 24.5 Å². The summed E-state index contributed by atoms with van der Waals surface area (Å²) < 4.78 is 16.3. The highest BCUT2D eigenvalue weighted by Gasteiger charge is 2.36. The number of hydrogen-bond donors (Lipinski definition) is 1. The van der Waals surface area contributed by atoms with Crippen molar-refractivity contribution in [3.8, 4) is 17.2 Å². The molecule has 0 spiro atoms. The molecule has 1 heterocycles. The number of non-ortho nitro benzene ring substituents is 1. The Morgan fingerprint density at radius 3 is 2.49 bits per heavy atom. The zero-order valence-corrected chi connectivity index (χ0v) is 21.7. The molecule has 0 saturated carbocycles. The molecule has 1 saturated heterocycles. The van der Waals surface area contributed by atoms with Crippen LogP contribution in [0.15, 0.2) is 71.6 Å². The third kappa shape index (κ3) is 6.73. The molecule has 0 atom stereocenters. The number of nitro benzene ring substituents is 1. The molecular formula is C27H23N3O8S. The smallest absolute Gasteiger partial charge is 0.294 e. The first-order chi connectivity index (χ1) is 18.8. The first-order valence-electron chi connectivity index (χ1n) is 11.5. The second-order valence-electron chi connectivity index (χ2n) is 8.17. The summed E-state index contributed by atoms with van der Waals surface area (Å²) in [4.78, 5) is 49.3. The van der Waals surface area contributed by atoms with Crippen molar-refractivity contribution in [1.82, 2.24) is 4.90 Å². The fraction of sp³-hybridized carbons (Fsp3) is 0.148. The molecule has 1 fully saturated rings. The Morgan fingerprint density at radius 2 is 1.79 bits per heavy atom. The summed E-state index contributed by atoms with van der Waals surface area (Å²) in [6.45, 7) is -0.351. The minimum atomic E-state index is -0.583. The van der Waals surface area contributed by atoms with Crippen molar-refractivity contribution < 1.29 is 33.5 Å². The third-order valence-electron chi connectivity index (χ3n) is 5.55. The first kappa shape index (κ1) is 27.2. The van der Waals surface area contributed by atoms with Gasteiger partial charge in [0.25, 0.3) is 16.8 Å². The molecule has 12 heteroatoms.